The van der Waals surface area contributed by atoms with Gasteiger partial charge in [0, 0.05) is 19.3 Å². The quantitative estimate of drug-likeness (QED) is 0.0261. The highest BCUT2D eigenvalue weighted by Crippen LogP contribution is 2.17. The van der Waals surface area contributed by atoms with Crippen LogP contribution in [-0.4, -0.2) is 37.2 Å². The van der Waals surface area contributed by atoms with Gasteiger partial charge in [0.2, 0.25) is 0 Å². The van der Waals surface area contributed by atoms with Crippen molar-refractivity contribution in [2.24, 2.45) is 0 Å². The molecule has 6 heteroatoms. The lowest BCUT2D eigenvalue weighted by Crippen LogP contribution is -2.30. The maximum atomic E-state index is 12.9. The molecule has 0 spiro atoms. The van der Waals surface area contributed by atoms with E-state index >= 15 is 0 Å². The summed E-state index contributed by atoms with van der Waals surface area (Å²) in [6.45, 7) is 6.54. The van der Waals surface area contributed by atoms with E-state index in [2.05, 4.69) is 106 Å². The molecule has 0 rings (SSSR count). The van der Waals surface area contributed by atoms with E-state index in [-0.39, 0.29) is 31.1 Å². The minimum Gasteiger partial charge on any atom is -0.462 e. The lowest BCUT2D eigenvalue weighted by Gasteiger charge is -2.18. The molecule has 0 aliphatic heterocycles. The van der Waals surface area contributed by atoms with Crippen LogP contribution in [0.3, 0.4) is 0 Å². The van der Waals surface area contributed by atoms with Gasteiger partial charge in [-0.3, -0.25) is 14.4 Å². The van der Waals surface area contributed by atoms with Crippen LogP contribution >= 0.6 is 0 Å². The molecule has 0 fully saturated rings. The van der Waals surface area contributed by atoms with Gasteiger partial charge < -0.3 is 14.2 Å². The predicted octanol–water partition coefficient (Wildman–Crippen LogP) is 22.7. The molecule has 0 aliphatic carbocycles. The second kappa shape index (κ2) is 65.1. The Bertz CT molecular complexity index is 1470. The van der Waals surface area contributed by atoms with Crippen LogP contribution in [0.25, 0.3) is 0 Å². The SMILES string of the molecule is CC/C=C\C/C=C\C/C=C\C/C=C\C/C=C\C/C=C\CCCCCCCCCCCCC(=O)OCC(COC(=O)CCCCCCCCCCC)OC(=O)CCCCCCCCCCC/C=C\CCCCCCCCCC. The fourth-order valence-electron chi connectivity index (χ4n) is 9.44. The normalized spacial score (nSPS) is 12.6. The van der Waals surface area contributed by atoms with Gasteiger partial charge in [0.25, 0.3) is 0 Å². The lowest BCUT2D eigenvalue weighted by molar-refractivity contribution is -0.167. The highest BCUT2D eigenvalue weighted by molar-refractivity contribution is 5.71. The average molecular weight is 1070 g/mol. The molecule has 0 saturated heterocycles. The number of rotatable bonds is 60. The Labute approximate surface area is 477 Å². The molecule has 444 valence electrons. The van der Waals surface area contributed by atoms with E-state index < -0.39 is 6.10 Å². The number of esters is 3. The molecule has 0 aromatic carbocycles. The Kier molecular flexibility index (Phi) is 62.2. The van der Waals surface area contributed by atoms with Crippen molar-refractivity contribution in [1.82, 2.24) is 0 Å². The maximum Gasteiger partial charge on any atom is 0.306 e. The number of unbranched alkanes of at least 4 members (excludes halogenated alkanes) is 35. The van der Waals surface area contributed by atoms with Crippen molar-refractivity contribution in [3.63, 3.8) is 0 Å². The van der Waals surface area contributed by atoms with Gasteiger partial charge in [-0.15, -0.1) is 0 Å². The summed E-state index contributed by atoms with van der Waals surface area (Å²) in [5.41, 5.74) is 0. The summed E-state index contributed by atoms with van der Waals surface area (Å²) in [7, 11) is 0. The van der Waals surface area contributed by atoms with Crippen LogP contribution in [0, 0.1) is 0 Å². The van der Waals surface area contributed by atoms with Crippen LogP contribution in [0.5, 0.6) is 0 Å². The minimum atomic E-state index is -0.777. The van der Waals surface area contributed by atoms with Crippen molar-refractivity contribution in [3.8, 4) is 0 Å². The highest BCUT2D eigenvalue weighted by Gasteiger charge is 2.19. The van der Waals surface area contributed by atoms with Gasteiger partial charge in [0.1, 0.15) is 13.2 Å². The molecular formula is C71H124O6. The van der Waals surface area contributed by atoms with Crippen LogP contribution < -0.4 is 0 Å². The first-order valence-corrected chi connectivity index (χ1v) is 33.1. The molecule has 0 heterocycles. The Morgan fingerprint density at radius 2 is 0.506 bits per heavy atom. The van der Waals surface area contributed by atoms with E-state index in [0.717, 1.165) is 96.3 Å². The standard InChI is InChI=1S/C71H124O6/c1-4-7-10-13-16-19-21-23-25-27-29-31-32-33-34-35-36-37-38-40-41-43-45-47-49-52-55-58-61-64-70(73)76-67-68(66-75-69(72)63-60-57-54-51-18-15-12-9-6-3)77-71(74)65-62-59-56-53-50-48-46-44-42-39-30-28-26-24-22-20-17-14-11-8-5-2/h7,10,16,19,23,25,28-31,33-34,36-37,68H,4-6,8-9,11-15,17-18,20-22,24,26-27,32,35,38-67H2,1-3H3/b10-7-,19-16-,25-23-,30-28-,31-29-,34-33-,37-36-. The Morgan fingerprint density at radius 1 is 0.273 bits per heavy atom. The number of carbonyl (C=O) groups excluding carboxylic acids is 3. The summed E-state index contributed by atoms with van der Waals surface area (Å²) in [4.78, 5) is 38.2. The van der Waals surface area contributed by atoms with E-state index in [0.29, 0.717) is 19.3 Å². The van der Waals surface area contributed by atoms with Crippen molar-refractivity contribution in [3.05, 3.63) is 85.1 Å². The van der Waals surface area contributed by atoms with Crippen molar-refractivity contribution in [2.45, 2.75) is 335 Å². The number of hydrogen-bond acceptors (Lipinski definition) is 6. The van der Waals surface area contributed by atoms with Gasteiger partial charge >= 0.3 is 17.9 Å². The van der Waals surface area contributed by atoms with Gasteiger partial charge in [-0.1, -0.05) is 298 Å². The fraction of sp³-hybridized carbons (Fsp3) is 0.761. The minimum absolute atomic E-state index is 0.0750. The summed E-state index contributed by atoms with van der Waals surface area (Å²) in [6.07, 6.45) is 86.0. The third kappa shape index (κ3) is 63.3. The Hall–Kier alpha value is -3.41. The number of ether oxygens (including phenoxy) is 3. The Balaban J connectivity index is 4.19. The van der Waals surface area contributed by atoms with Gasteiger partial charge in [-0.05, 0) is 96.3 Å². The first-order chi connectivity index (χ1) is 38.0. The van der Waals surface area contributed by atoms with Crippen LogP contribution in [-0.2, 0) is 28.6 Å². The average Bonchev–Trinajstić information content (AvgIpc) is 3.43. The summed E-state index contributed by atoms with van der Waals surface area (Å²) in [5, 5.41) is 0. The van der Waals surface area contributed by atoms with E-state index in [1.165, 1.54) is 193 Å². The molecule has 0 aliphatic rings. The zero-order valence-electron chi connectivity index (χ0n) is 51.0. The molecule has 0 aromatic rings. The number of allylic oxidation sites excluding steroid dienone is 14. The zero-order chi connectivity index (χ0) is 55.7. The van der Waals surface area contributed by atoms with Gasteiger partial charge in [0.15, 0.2) is 6.10 Å². The first-order valence-electron chi connectivity index (χ1n) is 33.1. The molecule has 1 unspecified atom stereocenters. The molecule has 0 N–H and O–H groups in total. The summed E-state index contributed by atoms with van der Waals surface area (Å²) >= 11 is 0. The van der Waals surface area contributed by atoms with Gasteiger partial charge in [0.05, 0.1) is 0 Å². The van der Waals surface area contributed by atoms with Gasteiger partial charge in [-0.25, -0.2) is 0 Å². The van der Waals surface area contributed by atoms with Crippen molar-refractivity contribution in [2.75, 3.05) is 13.2 Å². The topological polar surface area (TPSA) is 78.9 Å². The smallest absolute Gasteiger partial charge is 0.306 e. The monoisotopic (exact) mass is 1070 g/mol. The number of hydrogen-bond donors (Lipinski definition) is 0. The molecule has 1 atom stereocenters. The molecule has 0 saturated carbocycles. The zero-order valence-corrected chi connectivity index (χ0v) is 51.0. The summed E-state index contributed by atoms with van der Waals surface area (Å²) < 4.78 is 16.9. The largest absolute Gasteiger partial charge is 0.462 e. The van der Waals surface area contributed by atoms with Crippen molar-refractivity contribution in [1.29, 1.82) is 0 Å². The lowest BCUT2D eigenvalue weighted by atomic mass is 10.0. The molecule has 0 radical (unpaired) electrons. The first kappa shape index (κ1) is 73.6. The van der Waals surface area contributed by atoms with Gasteiger partial charge in [-0.2, -0.15) is 0 Å². The second-order valence-electron chi connectivity index (χ2n) is 22.0. The molecule has 6 nitrogen and oxygen atoms in total. The van der Waals surface area contributed by atoms with Crippen molar-refractivity contribution >= 4 is 17.9 Å². The van der Waals surface area contributed by atoms with E-state index in [1.807, 2.05) is 0 Å². The summed E-state index contributed by atoms with van der Waals surface area (Å²) in [6, 6.07) is 0. The fourth-order valence-corrected chi connectivity index (χ4v) is 9.44. The van der Waals surface area contributed by atoms with Crippen LogP contribution in [0.1, 0.15) is 329 Å². The molecule has 0 amide bonds. The highest BCUT2D eigenvalue weighted by atomic mass is 16.6. The molecule has 0 aromatic heterocycles. The van der Waals surface area contributed by atoms with E-state index in [4.69, 9.17) is 14.2 Å². The predicted molar refractivity (Wildman–Crippen MR) is 334 cm³/mol. The molecule has 0 bridgehead atoms. The second-order valence-corrected chi connectivity index (χ2v) is 22.0. The Morgan fingerprint density at radius 3 is 0.805 bits per heavy atom. The number of carbonyl (C=O) groups is 3. The molecule has 77 heavy (non-hydrogen) atoms. The third-order valence-electron chi connectivity index (χ3n) is 14.4. The molecular weight excluding hydrogens is 949 g/mol. The van der Waals surface area contributed by atoms with Crippen LogP contribution in [0.15, 0.2) is 85.1 Å². The van der Waals surface area contributed by atoms with Crippen LogP contribution in [0.4, 0.5) is 0 Å². The van der Waals surface area contributed by atoms with Crippen LogP contribution in [0.2, 0.25) is 0 Å². The maximum absolute atomic E-state index is 12.9. The van der Waals surface area contributed by atoms with Crippen molar-refractivity contribution < 1.29 is 28.6 Å². The summed E-state index contributed by atoms with van der Waals surface area (Å²) in [5.74, 6) is -0.871. The van der Waals surface area contributed by atoms with E-state index in [9.17, 15) is 14.4 Å². The third-order valence-corrected chi connectivity index (χ3v) is 14.4. The van der Waals surface area contributed by atoms with E-state index in [1.54, 1.807) is 0 Å².